The van der Waals surface area contributed by atoms with Crippen LogP contribution in [0.4, 0.5) is 0 Å². The van der Waals surface area contributed by atoms with Crippen molar-refractivity contribution in [2.45, 2.75) is 55.4 Å². The first kappa shape index (κ1) is 37.2. The van der Waals surface area contributed by atoms with E-state index in [0.29, 0.717) is 0 Å². The summed E-state index contributed by atoms with van der Waals surface area (Å²) in [5, 5.41) is 9.95. The minimum atomic E-state index is 0. The van der Waals surface area contributed by atoms with E-state index < -0.39 is 0 Å². The van der Waals surface area contributed by atoms with Gasteiger partial charge in [0.05, 0.1) is 0 Å². The summed E-state index contributed by atoms with van der Waals surface area (Å²) >= 11 is 0. The molecular weight excluding hydrogens is 678 g/mol. The number of fused-ring (bicyclic) bond motifs is 4. The fourth-order valence-corrected chi connectivity index (χ4v) is 5.52. The molecule has 0 unspecified atom stereocenters. The summed E-state index contributed by atoms with van der Waals surface area (Å²) in [7, 11) is 0. The molecule has 0 saturated carbocycles. The topological polar surface area (TPSA) is 0 Å². The van der Waals surface area contributed by atoms with Gasteiger partial charge in [-0.15, -0.1) is 185 Å². The monoisotopic (exact) mass is 722 g/mol. The van der Waals surface area contributed by atoms with Crippen LogP contribution in [0.2, 0.25) is 0 Å². The maximum atomic E-state index is 3.36. The minimum Gasteiger partial charge on any atom is -0.143 e. The average Bonchev–Trinajstić information content (AvgIpc) is 3.08. The van der Waals surface area contributed by atoms with E-state index in [1.807, 2.05) is 24.3 Å². The van der Waals surface area contributed by atoms with E-state index in [1.54, 1.807) is 0 Å². The summed E-state index contributed by atoms with van der Waals surface area (Å²) < 4.78 is 0. The van der Waals surface area contributed by atoms with Gasteiger partial charge in [-0.1, -0.05) is 104 Å². The van der Waals surface area contributed by atoms with Crippen molar-refractivity contribution >= 4 is 43.1 Å². The van der Waals surface area contributed by atoms with E-state index >= 15 is 0 Å². The summed E-state index contributed by atoms with van der Waals surface area (Å²) in [6, 6.07) is 55.6. The summed E-state index contributed by atoms with van der Waals surface area (Å²) in [6.07, 6.45) is 0. The number of hydrogen-bond donors (Lipinski definition) is 0. The molecule has 0 nitrogen and oxygen atoms in total. The molecule has 1 heteroatoms. The fourth-order valence-electron chi connectivity index (χ4n) is 5.52. The average molecular weight is 722 g/mol. The second-order valence-corrected chi connectivity index (χ2v) is 12.7. The van der Waals surface area contributed by atoms with Gasteiger partial charge in [-0.05, 0) is 0 Å². The van der Waals surface area contributed by atoms with Gasteiger partial charge in [0.25, 0.3) is 0 Å². The van der Waals surface area contributed by atoms with Crippen LogP contribution >= 0.6 is 0 Å². The third-order valence-corrected chi connectivity index (χ3v) is 8.99. The molecule has 0 fully saturated rings. The van der Waals surface area contributed by atoms with Gasteiger partial charge in [-0.2, -0.15) is 0 Å². The third-order valence-electron chi connectivity index (χ3n) is 8.99. The number of hydrogen-bond acceptors (Lipinski definition) is 0. The first-order chi connectivity index (χ1) is 23.1. The van der Waals surface area contributed by atoms with Gasteiger partial charge in [-0.25, -0.2) is 0 Å². The van der Waals surface area contributed by atoms with Crippen molar-refractivity contribution < 1.29 is 19.5 Å². The Morgan fingerprint density at radius 1 is 0.286 bits per heavy atom. The van der Waals surface area contributed by atoms with E-state index in [-0.39, 0.29) is 19.5 Å². The Labute approximate surface area is 306 Å². The molecule has 0 aliphatic heterocycles. The Kier molecular flexibility index (Phi) is 13.1. The molecule has 0 aromatic heterocycles. The molecule has 0 bridgehead atoms. The van der Waals surface area contributed by atoms with Gasteiger partial charge in [0, 0.05) is 0 Å². The van der Waals surface area contributed by atoms with Gasteiger partial charge >= 0.3 is 19.5 Å². The zero-order chi connectivity index (χ0) is 34.2. The Morgan fingerprint density at radius 2 is 0.469 bits per heavy atom. The van der Waals surface area contributed by atoms with Crippen molar-refractivity contribution in [3.8, 4) is 0 Å². The van der Waals surface area contributed by atoms with Crippen molar-refractivity contribution in [1.29, 1.82) is 0 Å². The zero-order valence-corrected chi connectivity index (χ0v) is 31.6. The van der Waals surface area contributed by atoms with Crippen LogP contribution in [0.1, 0.15) is 44.5 Å². The summed E-state index contributed by atoms with van der Waals surface area (Å²) in [4.78, 5) is 0. The van der Waals surface area contributed by atoms with Crippen LogP contribution in [0.5, 0.6) is 0 Å². The molecule has 0 N–H and O–H groups in total. The van der Waals surface area contributed by atoms with Crippen LogP contribution in [0.25, 0.3) is 43.1 Å². The van der Waals surface area contributed by atoms with Gasteiger partial charge in [0.1, 0.15) is 0 Å². The van der Waals surface area contributed by atoms with Crippen molar-refractivity contribution in [2.75, 3.05) is 0 Å². The molecule has 0 aliphatic carbocycles. The van der Waals surface area contributed by atoms with Gasteiger partial charge in [0.15, 0.2) is 0 Å². The Morgan fingerprint density at radius 3 is 0.673 bits per heavy atom. The van der Waals surface area contributed by atoms with Crippen LogP contribution in [-0.2, 0) is 19.5 Å². The van der Waals surface area contributed by atoms with E-state index in [0.717, 1.165) is 0 Å². The third kappa shape index (κ3) is 9.75. The smallest absolute Gasteiger partial charge is 0.143 e. The number of aryl methyl sites for hydroxylation is 8. The summed E-state index contributed by atoms with van der Waals surface area (Å²) in [6.45, 7) is 16.9. The molecule has 8 aromatic carbocycles. The quantitative estimate of drug-likeness (QED) is 0.108. The van der Waals surface area contributed by atoms with Gasteiger partial charge < -0.3 is 0 Å². The molecule has 0 amide bonds. The molecule has 0 heterocycles. The molecule has 244 valence electrons. The van der Waals surface area contributed by atoms with Gasteiger partial charge in [-0.3, -0.25) is 0 Å². The number of benzene rings is 8. The Balaban J connectivity index is 0.000000146. The summed E-state index contributed by atoms with van der Waals surface area (Å²) in [5.74, 6) is 0. The second kappa shape index (κ2) is 17.2. The van der Waals surface area contributed by atoms with E-state index in [1.165, 1.54) is 87.6 Å². The van der Waals surface area contributed by atoms with Crippen LogP contribution in [0.3, 0.4) is 0 Å². The molecule has 49 heavy (non-hydrogen) atoms. The maximum Gasteiger partial charge on any atom is 4.00 e. The molecular formula is C48H44Ru. The van der Waals surface area contributed by atoms with Crippen LogP contribution < -0.4 is 0 Å². The molecule has 8 aromatic rings. The standard InChI is InChI=1S/4C12H11.Ru/c4*1-9-7-11-5-3-4-6-12(11)8-10(9)2;/h4*3-7H,1-2H3;/q4*-1;+4. The molecule has 0 atom stereocenters. The number of rotatable bonds is 0. The Hall–Kier alpha value is -4.58. The van der Waals surface area contributed by atoms with Crippen molar-refractivity contribution in [3.63, 3.8) is 0 Å². The molecule has 8 rings (SSSR count). The van der Waals surface area contributed by atoms with E-state index in [9.17, 15) is 0 Å². The Bertz CT molecular complexity index is 1830. The predicted molar refractivity (Wildman–Crippen MR) is 209 cm³/mol. The molecule has 0 saturated heterocycles. The normalized spacial score (nSPS) is 10.3. The molecule has 0 aliphatic rings. The minimum absolute atomic E-state index is 0. The largest absolute Gasteiger partial charge is 4.00 e. The fraction of sp³-hybridized carbons (Fsp3) is 0.167. The first-order valence-electron chi connectivity index (χ1n) is 16.6. The van der Waals surface area contributed by atoms with Crippen LogP contribution in [0.15, 0.2) is 121 Å². The second-order valence-electron chi connectivity index (χ2n) is 12.7. The molecule has 0 spiro atoms. The van der Waals surface area contributed by atoms with Crippen molar-refractivity contribution in [2.24, 2.45) is 0 Å². The van der Waals surface area contributed by atoms with E-state index in [4.69, 9.17) is 0 Å². The first-order valence-corrected chi connectivity index (χ1v) is 16.6. The summed E-state index contributed by atoms with van der Waals surface area (Å²) in [5.41, 5.74) is 10.2. The maximum absolute atomic E-state index is 3.36. The zero-order valence-electron chi connectivity index (χ0n) is 29.9. The van der Waals surface area contributed by atoms with E-state index in [2.05, 4.69) is 177 Å². The molecule has 0 radical (unpaired) electrons. The van der Waals surface area contributed by atoms with Crippen LogP contribution in [0, 0.1) is 79.7 Å². The van der Waals surface area contributed by atoms with Gasteiger partial charge in [0.2, 0.25) is 0 Å². The van der Waals surface area contributed by atoms with Crippen molar-refractivity contribution in [3.05, 3.63) is 190 Å². The van der Waals surface area contributed by atoms with Crippen LogP contribution in [-0.4, -0.2) is 0 Å². The van der Waals surface area contributed by atoms with Crippen molar-refractivity contribution in [1.82, 2.24) is 0 Å². The SMILES string of the molecule is Cc1[c-]c2ccccc2cc1C.Cc1[c-]c2ccccc2cc1C.Cc1[c-]c2ccccc2cc1C.Cc1[c-]c2ccccc2cc1C.[Ru+4]. The predicted octanol–water partition coefficient (Wildman–Crippen LogP) is 13.0.